The van der Waals surface area contributed by atoms with Gasteiger partial charge in [-0.15, -0.1) is 0 Å². The zero-order chi connectivity index (χ0) is 24.0. The fraction of sp³-hybridized carbons (Fsp3) is 0.393. The second kappa shape index (κ2) is 10.9. The maximum absolute atomic E-state index is 11.5. The van der Waals surface area contributed by atoms with Crippen molar-refractivity contribution in [2.45, 2.75) is 50.6 Å². The van der Waals surface area contributed by atoms with E-state index in [4.69, 9.17) is 10.7 Å². The number of ketones is 1. The summed E-state index contributed by atoms with van der Waals surface area (Å²) >= 11 is 0. The van der Waals surface area contributed by atoms with E-state index in [2.05, 4.69) is 44.8 Å². The molecule has 0 radical (unpaired) electrons. The minimum Gasteiger partial charge on any atom is -0.388 e. The number of rotatable bonds is 7. The zero-order valence-electron chi connectivity index (χ0n) is 20.1. The Morgan fingerprint density at radius 1 is 1.00 bits per heavy atom. The van der Waals surface area contributed by atoms with Gasteiger partial charge < -0.3 is 21.3 Å². The molecule has 2 aliphatic rings. The molecule has 0 atom stereocenters. The molecule has 2 heterocycles. The van der Waals surface area contributed by atoms with Crippen LogP contribution in [-0.4, -0.2) is 47.5 Å². The molecule has 7 nitrogen and oxygen atoms in total. The lowest BCUT2D eigenvalue weighted by Gasteiger charge is -2.34. The summed E-state index contributed by atoms with van der Waals surface area (Å²) in [7, 11) is 0. The van der Waals surface area contributed by atoms with E-state index in [9.17, 15) is 4.79 Å². The Bertz CT molecular complexity index is 1190. The van der Waals surface area contributed by atoms with Crippen LogP contribution in [0.5, 0.6) is 0 Å². The largest absolute Gasteiger partial charge is 0.388 e. The van der Waals surface area contributed by atoms with Crippen molar-refractivity contribution in [2.75, 3.05) is 29.9 Å². The number of nitrogens with zero attached hydrogens (tertiary/aromatic N) is 3. The first-order valence-electron chi connectivity index (χ1n) is 12.7. The van der Waals surface area contributed by atoms with Crippen LogP contribution >= 0.6 is 0 Å². The standard InChI is InChI=1S/C28H34N6O/c29-17-20(28-19-31-26-6-1-2-7-27(26)33-28)18-30-21-12-14-34(15-13-21)24-5-3-4-23(16-24)32-22-8-10-25(35)11-9-22/h1-7,16,18-19,21-22,30,32H,8-15,17,29H2/b20-18+. The van der Waals surface area contributed by atoms with Crippen LogP contribution < -0.4 is 21.3 Å². The van der Waals surface area contributed by atoms with Crippen LogP contribution in [-0.2, 0) is 4.79 Å². The highest BCUT2D eigenvalue weighted by Crippen LogP contribution is 2.26. The van der Waals surface area contributed by atoms with Gasteiger partial charge in [0.15, 0.2) is 0 Å². The first kappa shape index (κ1) is 23.3. The molecule has 0 unspecified atom stereocenters. The molecule has 1 saturated heterocycles. The smallest absolute Gasteiger partial charge is 0.133 e. The average molecular weight is 471 g/mol. The molecule has 0 spiro atoms. The highest BCUT2D eigenvalue weighted by molar-refractivity contribution is 5.79. The van der Waals surface area contributed by atoms with Gasteiger partial charge in [0.05, 0.1) is 22.9 Å². The first-order valence-corrected chi connectivity index (χ1v) is 12.7. The van der Waals surface area contributed by atoms with E-state index in [1.54, 1.807) is 6.20 Å². The zero-order valence-corrected chi connectivity index (χ0v) is 20.1. The molecule has 2 fully saturated rings. The van der Waals surface area contributed by atoms with Gasteiger partial charge in [-0.2, -0.15) is 0 Å². The summed E-state index contributed by atoms with van der Waals surface area (Å²) in [5.41, 5.74) is 12.0. The van der Waals surface area contributed by atoms with Crippen molar-refractivity contribution < 1.29 is 4.79 Å². The SMILES string of the molecule is NC/C(=C\NC1CCN(c2cccc(NC3CCC(=O)CC3)c2)CC1)c1cnc2ccccc2n1. The van der Waals surface area contributed by atoms with Crippen LogP contribution in [0.1, 0.15) is 44.2 Å². The van der Waals surface area contributed by atoms with Crippen molar-refractivity contribution in [3.63, 3.8) is 0 Å². The van der Waals surface area contributed by atoms with E-state index in [1.807, 2.05) is 30.5 Å². The lowest BCUT2D eigenvalue weighted by atomic mass is 9.94. The van der Waals surface area contributed by atoms with Crippen molar-refractivity contribution >= 4 is 33.8 Å². The van der Waals surface area contributed by atoms with Gasteiger partial charge in [-0.1, -0.05) is 18.2 Å². The number of fused-ring (bicyclic) bond motifs is 1. The summed E-state index contributed by atoms with van der Waals surface area (Å²) in [5, 5.41) is 7.22. The van der Waals surface area contributed by atoms with Crippen LogP contribution in [0, 0.1) is 0 Å². The van der Waals surface area contributed by atoms with Gasteiger partial charge >= 0.3 is 0 Å². The lowest BCUT2D eigenvalue weighted by molar-refractivity contribution is -0.120. The molecule has 5 rings (SSSR count). The van der Waals surface area contributed by atoms with Crippen molar-refractivity contribution in [3.8, 4) is 0 Å². The predicted molar refractivity (Wildman–Crippen MR) is 142 cm³/mol. The second-order valence-electron chi connectivity index (χ2n) is 9.55. The monoisotopic (exact) mass is 470 g/mol. The van der Waals surface area contributed by atoms with Gasteiger partial charge in [0.25, 0.3) is 0 Å². The minimum atomic E-state index is 0.395. The van der Waals surface area contributed by atoms with E-state index < -0.39 is 0 Å². The van der Waals surface area contributed by atoms with Gasteiger partial charge in [-0.25, -0.2) is 4.98 Å². The normalized spacial score (nSPS) is 18.1. The third-order valence-corrected chi connectivity index (χ3v) is 7.11. The number of benzene rings is 2. The fourth-order valence-corrected chi connectivity index (χ4v) is 4.98. The molecule has 4 N–H and O–H groups in total. The summed E-state index contributed by atoms with van der Waals surface area (Å²) in [6.07, 6.45) is 9.21. The lowest BCUT2D eigenvalue weighted by Crippen LogP contribution is -2.41. The maximum atomic E-state index is 11.5. The van der Waals surface area contributed by atoms with Crippen LogP contribution in [0.25, 0.3) is 16.6 Å². The number of nitrogens with one attached hydrogen (secondary N) is 2. The summed E-state index contributed by atoms with van der Waals surface area (Å²) < 4.78 is 0. The third-order valence-electron chi connectivity index (χ3n) is 7.11. The number of carbonyl (C=O) groups is 1. The topological polar surface area (TPSA) is 96.2 Å². The molecule has 1 aromatic heterocycles. The number of hydrogen-bond donors (Lipinski definition) is 3. The summed E-state index contributed by atoms with van der Waals surface area (Å²) in [5.74, 6) is 0.395. The van der Waals surface area contributed by atoms with Crippen molar-refractivity contribution in [1.29, 1.82) is 0 Å². The molecule has 0 amide bonds. The van der Waals surface area contributed by atoms with E-state index in [-0.39, 0.29) is 0 Å². The Hall–Kier alpha value is -3.45. The summed E-state index contributed by atoms with van der Waals surface area (Å²) in [4.78, 5) is 23.2. The number of nitrogens with two attached hydrogens (primary N) is 1. The van der Waals surface area contributed by atoms with Gasteiger partial charge in [0.2, 0.25) is 0 Å². The number of piperidine rings is 1. The molecule has 0 bridgehead atoms. The molecule has 7 heteroatoms. The van der Waals surface area contributed by atoms with E-state index in [1.165, 1.54) is 5.69 Å². The highest BCUT2D eigenvalue weighted by Gasteiger charge is 2.21. The molecular weight excluding hydrogens is 436 g/mol. The van der Waals surface area contributed by atoms with Gasteiger partial charge in [0, 0.05) is 67.7 Å². The minimum absolute atomic E-state index is 0.395. The van der Waals surface area contributed by atoms with Gasteiger partial charge in [-0.3, -0.25) is 9.78 Å². The predicted octanol–water partition coefficient (Wildman–Crippen LogP) is 4.11. The molecule has 182 valence electrons. The average Bonchev–Trinajstić information content (AvgIpc) is 2.91. The summed E-state index contributed by atoms with van der Waals surface area (Å²) in [6, 6.07) is 17.4. The van der Waals surface area contributed by atoms with Crippen molar-refractivity contribution in [1.82, 2.24) is 15.3 Å². The fourth-order valence-electron chi connectivity index (χ4n) is 4.98. The molecule has 1 saturated carbocycles. The first-order chi connectivity index (χ1) is 17.2. The molecule has 2 aromatic carbocycles. The summed E-state index contributed by atoms with van der Waals surface area (Å²) in [6.45, 7) is 2.41. The van der Waals surface area contributed by atoms with E-state index in [0.717, 1.165) is 66.8 Å². The number of hydrogen-bond acceptors (Lipinski definition) is 7. The van der Waals surface area contributed by atoms with Crippen LogP contribution in [0.4, 0.5) is 11.4 Å². The Balaban J connectivity index is 1.16. The third kappa shape index (κ3) is 5.80. The molecule has 1 aliphatic heterocycles. The van der Waals surface area contributed by atoms with E-state index >= 15 is 0 Å². The Kier molecular flexibility index (Phi) is 7.23. The number of para-hydroxylation sites is 2. The number of Topliss-reactive ketones (excluding diaryl/α,β-unsaturated/α-hetero) is 1. The quantitative estimate of drug-likeness (QED) is 0.478. The van der Waals surface area contributed by atoms with Crippen molar-refractivity contribution in [2.24, 2.45) is 5.73 Å². The van der Waals surface area contributed by atoms with E-state index in [0.29, 0.717) is 37.3 Å². The van der Waals surface area contributed by atoms with Crippen molar-refractivity contribution in [3.05, 3.63) is 66.6 Å². The van der Waals surface area contributed by atoms with Gasteiger partial charge in [0.1, 0.15) is 5.78 Å². The molecule has 35 heavy (non-hydrogen) atoms. The molecule has 3 aromatic rings. The van der Waals surface area contributed by atoms with Crippen LogP contribution in [0.2, 0.25) is 0 Å². The van der Waals surface area contributed by atoms with Crippen LogP contribution in [0.15, 0.2) is 60.9 Å². The molecular formula is C28H34N6O. The Morgan fingerprint density at radius 2 is 1.77 bits per heavy atom. The number of anilines is 2. The second-order valence-corrected chi connectivity index (χ2v) is 9.55. The Morgan fingerprint density at radius 3 is 2.54 bits per heavy atom. The highest BCUT2D eigenvalue weighted by atomic mass is 16.1. The Labute approximate surface area is 206 Å². The van der Waals surface area contributed by atoms with Crippen LogP contribution in [0.3, 0.4) is 0 Å². The number of aromatic nitrogens is 2. The number of carbonyl (C=O) groups excluding carboxylic acids is 1. The molecule has 1 aliphatic carbocycles. The van der Waals surface area contributed by atoms with Gasteiger partial charge in [-0.05, 0) is 56.0 Å². The maximum Gasteiger partial charge on any atom is 0.133 e.